The van der Waals surface area contributed by atoms with Crippen LogP contribution in [0.15, 0.2) is 30.7 Å². The number of nitrogens with one attached hydrogen (secondary N) is 2. The predicted molar refractivity (Wildman–Crippen MR) is 70.0 cm³/mol. The molecular weight excluding hydrogens is 226 g/mol. The van der Waals surface area contributed by atoms with Crippen molar-refractivity contribution in [2.45, 2.75) is 6.54 Å². The Morgan fingerprint density at radius 3 is 2.89 bits per heavy atom. The Balaban J connectivity index is 1.69. The van der Waals surface area contributed by atoms with Gasteiger partial charge in [0, 0.05) is 62.6 Å². The first-order valence-electron chi connectivity index (χ1n) is 6.29. The van der Waals surface area contributed by atoms with E-state index in [9.17, 15) is 0 Å². The van der Waals surface area contributed by atoms with E-state index in [2.05, 4.69) is 25.2 Å². The van der Waals surface area contributed by atoms with E-state index in [0.717, 1.165) is 49.8 Å². The van der Waals surface area contributed by atoms with Gasteiger partial charge in [-0.05, 0) is 12.1 Å². The minimum atomic E-state index is 0.897. The highest BCUT2D eigenvalue weighted by Crippen LogP contribution is 2.14. The third kappa shape index (κ3) is 2.57. The Bertz CT molecular complexity index is 487. The fourth-order valence-electron chi connectivity index (χ4n) is 2.20. The van der Waals surface area contributed by atoms with Crippen molar-refractivity contribution in [3.63, 3.8) is 0 Å². The van der Waals surface area contributed by atoms with Gasteiger partial charge >= 0.3 is 0 Å². The minimum absolute atomic E-state index is 0.897. The molecule has 5 nitrogen and oxygen atoms in total. The van der Waals surface area contributed by atoms with E-state index >= 15 is 0 Å². The lowest BCUT2D eigenvalue weighted by Crippen LogP contribution is -2.42. The van der Waals surface area contributed by atoms with E-state index in [1.54, 1.807) is 6.20 Å². The summed E-state index contributed by atoms with van der Waals surface area (Å²) in [4.78, 5) is 14.3. The summed E-state index contributed by atoms with van der Waals surface area (Å²) in [6.07, 6.45) is 5.52. The highest BCUT2D eigenvalue weighted by Gasteiger charge is 2.11. The molecule has 0 amide bonds. The molecule has 1 saturated heterocycles. The van der Waals surface area contributed by atoms with E-state index in [-0.39, 0.29) is 0 Å². The van der Waals surface area contributed by atoms with Gasteiger partial charge < -0.3 is 10.3 Å². The number of aromatic amines is 1. The fourth-order valence-corrected chi connectivity index (χ4v) is 2.20. The highest BCUT2D eigenvalue weighted by molar-refractivity contribution is 5.53. The molecule has 1 fully saturated rings. The topological polar surface area (TPSA) is 56.8 Å². The third-order valence-electron chi connectivity index (χ3n) is 3.17. The number of hydrogen-bond acceptors (Lipinski definition) is 4. The lowest BCUT2D eigenvalue weighted by Gasteiger charge is -2.26. The van der Waals surface area contributed by atoms with Crippen LogP contribution in [-0.4, -0.2) is 46.0 Å². The van der Waals surface area contributed by atoms with Gasteiger partial charge in [0.05, 0.1) is 0 Å². The molecule has 0 saturated carbocycles. The summed E-state index contributed by atoms with van der Waals surface area (Å²) < 4.78 is 0. The van der Waals surface area contributed by atoms with E-state index < -0.39 is 0 Å². The Hall–Kier alpha value is -1.72. The number of hydrogen-bond donors (Lipinski definition) is 2. The van der Waals surface area contributed by atoms with Gasteiger partial charge in [-0.1, -0.05) is 0 Å². The van der Waals surface area contributed by atoms with Crippen LogP contribution in [0.2, 0.25) is 0 Å². The third-order valence-corrected chi connectivity index (χ3v) is 3.17. The first-order chi connectivity index (χ1) is 8.92. The van der Waals surface area contributed by atoms with E-state index in [1.165, 1.54) is 0 Å². The molecular formula is C13H17N5. The highest BCUT2D eigenvalue weighted by atomic mass is 15.2. The number of nitrogens with zero attached hydrogens (tertiary/aromatic N) is 3. The van der Waals surface area contributed by atoms with Crippen molar-refractivity contribution in [3.8, 4) is 11.4 Å². The Morgan fingerprint density at radius 2 is 2.11 bits per heavy atom. The van der Waals surface area contributed by atoms with E-state index in [1.807, 2.05) is 24.5 Å². The summed E-state index contributed by atoms with van der Waals surface area (Å²) in [6, 6.07) is 3.94. The molecule has 1 aliphatic heterocycles. The molecule has 0 atom stereocenters. The Morgan fingerprint density at radius 1 is 1.22 bits per heavy atom. The fraction of sp³-hybridized carbons (Fsp3) is 0.385. The van der Waals surface area contributed by atoms with Crippen LogP contribution in [0, 0.1) is 0 Å². The van der Waals surface area contributed by atoms with Crippen LogP contribution in [0.3, 0.4) is 0 Å². The number of aromatic nitrogens is 3. The first-order valence-corrected chi connectivity index (χ1v) is 6.29. The van der Waals surface area contributed by atoms with Crippen LogP contribution in [-0.2, 0) is 6.54 Å². The van der Waals surface area contributed by atoms with Gasteiger partial charge in [0.25, 0.3) is 0 Å². The zero-order chi connectivity index (χ0) is 12.2. The second-order valence-corrected chi connectivity index (χ2v) is 4.52. The molecule has 3 heterocycles. The molecule has 0 spiro atoms. The number of imidazole rings is 1. The molecule has 5 heteroatoms. The van der Waals surface area contributed by atoms with Gasteiger partial charge in [-0.15, -0.1) is 0 Å². The summed E-state index contributed by atoms with van der Waals surface area (Å²) >= 11 is 0. The van der Waals surface area contributed by atoms with Gasteiger partial charge in [-0.25, -0.2) is 4.98 Å². The maximum absolute atomic E-state index is 4.41. The molecule has 0 aromatic carbocycles. The van der Waals surface area contributed by atoms with Crippen LogP contribution in [0.25, 0.3) is 11.4 Å². The summed E-state index contributed by atoms with van der Waals surface area (Å²) in [5, 5.41) is 3.36. The molecule has 18 heavy (non-hydrogen) atoms. The monoisotopic (exact) mass is 243 g/mol. The second-order valence-electron chi connectivity index (χ2n) is 4.52. The van der Waals surface area contributed by atoms with Crippen LogP contribution in [0.1, 0.15) is 5.69 Å². The second kappa shape index (κ2) is 5.29. The molecule has 0 bridgehead atoms. The molecule has 2 aromatic heterocycles. The first kappa shape index (κ1) is 11.4. The predicted octanol–water partition coefficient (Wildman–Crippen LogP) is 0.877. The summed E-state index contributed by atoms with van der Waals surface area (Å²) in [5.41, 5.74) is 2.19. The normalized spacial score (nSPS) is 16.9. The quantitative estimate of drug-likeness (QED) is 0.840. The average Bonchev–Trinajstić information content (AvgIpc) is 2.89. The molecule has 2 N–H and O–H groups in total. The smallest absolute Gasteiger partial charge is 0.139 e. The van der Waals surface area contributed by atoms with E-state index in [0.29, 0.717) is 0 Å². The Kier molecular flexibility index (Phi) is 3.34. The number of H-pyrrole nitrogens is 1. The zero-order valence-corrected chi connectivity index (χ0v) is 10.3. The number of rotatable bonds is 3. The van der Waals surface area contributed by atoms with Gasteiger partial charge in [-0.2, -0.15) is 0 Å². The van der Waals surface area contributed by atoms with Crippen LogP contribution in [0.5, 0.6) is 0 Å². The van der Waals surface area contributed by atoms with Crippen molar-refractivity contribution < 1.29 is 0 Å². The van der Waals surface area contributed by atoms with Gasteiger partial charge in [-0.3, -0.25) is 9.88 Å². The van der Waals surface area contributed by atoms with Crippen molar-refractivity contribution in [2.75, 3.05) is 26.2 Å². The van der Waals surface area contributed by atoms with Gasteiger partial charge in [0.1, 0.15) is 5.82 Å². The van der Waals surface area contributed by atoms with Gasteiger partial charge in [0.15, 0.2) is 0 Å². The molecule has 0 aliphatic carbocycles. The number of pyridine rings is 1. The zero-order valence-electron chi connectivity index (χ0n) is 10.3. The summed E-state index contributed by atoms with van der Waals surface area (Å²) in [6.45, 7) is 5.28. The van der Waals surface area contributed by atoms with E-state index in [4.69, 9.17) is 0 Å². The van der Waals surface area contributed by atoms with Crippen LogP contribution in [0.4, 0.5) is 0 Å². The molecule has 2 aromatic rings. The molecule has 3 rings (SSSR count). The van der Waals surface area contributed by atoms with Crippen molar-refractivity contribution in [2.24, 2.45) is 0 Å². The lowest BCUT2D eigenvalue weighted by atomic mass is 10.3. The van der Waals surface area contributed by atoms with Crippen LogP contribution >= 0.6 is 0 Å². The van der Waals surface area contributed by atoms with Crippen molar-refractivity contribution in [3.05, 3.63) is 36.4 Å². The minimum Gasteiger partial charge on any atom is -0.341 e. The molecule has 0 radical (unpaired) electrons. The average molecular weight is 243 g/mol. The summed E-state index contributed by atoms with van der Waals surface area (Å²) in [5.74, 6) is 0.897. The molecule has 1 aliphatic rings. The maximum Gasteiger partial charge on any atom is 0.139 e. The largest absolute Gasteiger partial charge is 0.341 e. The van der Waals surface area contributed by atoms with Crippen molar-refractivity contribution in [1.29, 1.82) is 0 Å². The summed E-state index contributed by atoms with van der Waals surface area (Å²) in [7, 11) is 0. The maximum atomic E-state index is 4.41. The molecule has 94 valence electrons. The van der Waals surface area contributed by atoms with Gasteiger partial charge in [0.2, 0.25) is 0 Å². The van der Waals surface area contributed by atoms with Crippen molar-refractivity contribution >= 4 is 0 Å². The molecule has 0 unspecified atom stereocenters. The standard InChI is InChI=1S/C13H17N5/c1-2-11(8-15-3-1)13-16-9-12(17-13)10-18-6-4-14-5-7-18/h1-3,8-9,14H,4-7,10H2,(H,16,17). The lowest BCUT2D eigenvalue weighted by molar-refractivity contribution is 0.231. The van der Waals surface area contributed by atoms with Crippen LogP contribution < -0.4 is 5.32 Å². The SMILES string of the molecule is c1cncc(-c2ncc(CN3CCNCC3)[nH]2)c1. The Labute approximate surface area is 106 Å². The van der Waals surface area contributed by atoms with Crippen molar-refractivity contribution in [1.82, 2.24) is 25.2 Å². The number of piperazine rings is 1.